The summed E-state index contributed by atoms with van der Waals surface area (Å²) >= 11 is 1.65. The van der Waals surface area contributed by atoms with E-state index in [1.807, 2.05) is 18.4 Å². The number of halogens is 1. The molecule has 0 aliphatic rings. The summed E-state index contributed by atoms with van der Waals surface area (Å²) in [4.78, 5) is 4.68. The Bertz CT molecular complexity index is 736. The zero-order chi connectivity index (χ0) is 21.6. The fraction of sp³-hybridized carbons (Fsp3) is 0.667. The third kappa shape index (κ3) is 10.7. The van der Waals surface area contributed by atoms with Crippen LogP contribution in [0.15, 0.2) is 33.0 Å². The number of aromatic nitrogens is 3. The van der Waals surface area contributed by atoms with Crippen LogP contribution in [0, 0.1) is 5.92 Å². The number of thioether (sulfide) groups is 1. The molecule has 0 bridgehead atoms. The van der Waals surface area contributed by atoms with E-state index in [1.54, 1.807) is 18.0 Å². The maximum Gasteiger partial charge on any atom is 0.191 e. The summed E-state index contributed by atoms with van der Waals surface area (Å²) in [6, 6.07) is 3.79. The van der Waals surface area contributed by atoms with Gasteiger partial charge >= 0.3 is 0 Å². The fourth-order valence-electron chi connectivity index (χ4n) is 2.92. The maximum atomic E-state index is 5.61. The molecule has 0 aliphatic carbocycles. The van der Waals surface area contributed by atoms with Crippen LogP contribution in [0.4, 0.5) is 0 Å². The van der Waals surface area contributed by atoms with Crippen LogP contribution in [0.25, 0.3) is 0 Å². The molecule has 8 nitrogen and oxygen atoms in total. The third-order valence-corrected chi connectivity index (χ3v) is 4.95. The number of furan rings is 1. The topological polar surface area (TPSA) is 89.5 Å². The molecule has 0 saturated carbocycles. The molecule has 0 saturated heterocycles. The van der Waals surface area contributed by atoms with Crippen molar-refractivity contribution in [3.8, 4) is 0 Å². The molecule has 0 spiro atoms. The molecule has 0 amide bonds. The SMILES string of the molecule is CCNC(=NCCCc1nnc(SC)n1CC(C)C)NCCCOCc1ccco1.I. The van der Waals surface area contributed by atoms with Crippen molar-refractivity contribution in [1.82, 2.24) is 25.4 Å². The van der Waals surface area contributed by atoms with Crippen molar-refractivity contribution in [3.05, 3.63) is 30.0 Å². The van der Waals surface area contributed by atoms with E-state index in [1.165, 1.54) is 0 Å². The lowest BCUT2D eigenvalue weighted by Crippen LogP contribution is -2.38. The Kier molecular flexibility index (Phi) is 14.7. The van der Waals surface area contributed by atoms with Gasteiger partial charge in [0.05, 0.1) is 6.26 Å². The van der Waals surface area contributed by atoms with E-state index in [-0.39, 0.29) is 24.0 Å². The summed E-state index contributed by atoms with van der Waals surface area (Å²) in [5.74, 6) is 3.31. The van der Waals surface area contributed by atoms with Crippen LogP contribution in [0.2, 0.25) is 0 Å². The molecule has 2 rings (SSSR count). The molecule has 0 aliphatic heterocycles. The summed E-state index contributed by atoms with van der Waals surface area (Å²) < 4.78 is 13.1. The summed E-state index contributed by atoms with van der Waals surface area (Å²) in [5, 5.41) is 16.3. The highest BCUT2D eigenvalue weighted by Crippen LogP contribution is 2.16. The zero-order valence-corrected chi connectivity index (χ0v) is 22.2. The molecule has 2 aromatic rings. The van der Waals surface area contributed by atoms with Crippen LogP contribution >= 0.6 is 35.7 Å². The van der Waals surface area contributed by atoms with Crippen LogP contribution in [0.5, 0.6) is 0 Å². The van der Waals surface area contributed by atoms with Crippen molar-refractivity contribution >= 4 is 41.7 Å². The zero-order valence-electron chi connectivity index (χ0n) is 19.1. The number of nitrogens with one attached hydrogen (secondary N) is 2. The van der Waals surface area contributed by atoms with Gasteiger partial charge in [0, 0.05) is 39.2 Å². The average molecular weight is 565 g/mol. The van der Waals surface area contributed by atoms with Gasteiger partial charge in [-0.25, -0.2) is 0 Å². The summed E-state index contributed by atoms with van der Waals surface area (Å²) in [5.41, 5.74) is 0. The Morgan fingerprint density at radius 2 is 2.13 bits per heavy atom. The summed E-state index contributed by atoms with van der Waals surface area (Å²) in [6.45, 7) is 11.0. The molecule has 0 aromatic carbocycles. The molecule has 2 heterocycles. The molecule has 31 heavy (non-hydrogen) atoms. The quantitative estimate of drug-likeness (QED) is 0.118. The first-order valence-electron chi connectivity index (χ1n) is 10.7. The molecule has 0 radical (unpaired) electrons. The molecular formula is C21H37IN6O2S. The Balaban J connectivity index is 0.00000480. The van der Waals surface area contributed by atoms with Crippen LogP contribution in [0.1, 0.15) is 45.2 Å². The monoisotopic (exact) mass is 564 g/mol. The van der Waals surface area contributed by atoms with Gasteiger partial charge < -0.3 is 24.4 Å². The van der Waals surface area contributed by atoms with Gasteiger partial charge in [-0.05, 0) is 44.1 Å². The third-order valence-electron chi connectivity index (χ3n) is 4.28. The first-order valence-corrected chi connectivity index (χ1v) is 11.9. The number of aliphatic imine (C=N–C) groups is 1. The van der Waals surface area contributed by atoms with Crippen molar-refractivity contribution in [2.24, 2.45) is 10.9 Å². The normalized spacial score (nSPS) is 11.6. The summed E-state index contributed by atoms with van der Waals surface area (Å²) in [6.07, 6.45) is 6.43. The van der Waals surface area contributed by atoms with Gasteiger partial charge in [0.15, 0.2) is 11.1 Å². The molecule has 10 heteroatoms. The standard InChI is InChI=1S/C21H36N6O2S.HI/c1-5-22-20(24-12-8-13-28-16-18-9-7-14-29-18)23-11-6-10-19-25-26-21(30-4)27(19)15-17(2)3;/h7,9,14,17H,5-6,8,10-13,15-16H2,1-4H3,(H2,22,23,24);1H. The Morgan fingerprint density at radius 1 is 1.29 bits per heavy atom. The van der Waals surface area contributed by atoms with Gasteiger partial charge in [-0.15, -0.1) is 34.2 Å². The van der Waals surface area contributed by atoms with E-state index in [0.29, 0.717) is 19.1 Å². The smallest absolute Gasteiger partial charge is 0.191 e. The summed E-state index contributed by atoms with van der Waals surface area (Å²) in [7, 11) is 0. The van der Waals surface area contributed by atoms with E-state index in [0.717, 1.165) is 68.1 Å². The van der Waals surface area contributed by atoms with Gasteiger partial charge in [0.1, 0.15) is 18.2 Å². The van der Waals surface area contributed by atoms with E-state index in [9.17, 15) is 0 Å². The highest BCUT2D eigenvalue weighted by atomic mass is 127. The van der Waals surface area contributed by atoms with E-state index < -0.39 is 0 Å². The number of guanidine groups is 1. The van der Waals surface area contributed by atoms with Crippen LogP contribution < -0.4 is 10.6 Å². The number of hydrogen-bond donors (Lipinski definition) is 2. The molecule has 2 aromatic heterocycles. The lowest BCUT2D eigenvalue weighted by molar-refractivity contribution is 0.105. The molecule has 0 fully saturated rings. The fourth-order valence-corrected chi connectivity index (χ4v) is 3.44. The molecule has 0 unspecified atom stereocenters. The van der Waals surface area contributed by atoms with Gasteiger partial charge in [0.25, 0.3) is 0 Å². The second-order valence-electron chi connectivity index (χ2n) is 7.38. The number of aryl methyl sites for hydroxylation is 1. The van der Waals surface area contributed by atoms with E-state index >= 15 is 0 Å². The van der Waals surface area contributed by atoms with E-state index in [2.05, 4.69) is 51.2 Å². The van der Waals surface area contributed by atoms with Crippen LogP contribution in [-0.2, 0) is 24.3 Å². The molecule has 0 atom stereocenters. The van der Waals surface area contributed by atoms with Crippen molar-refractivity contribution < 1.29 is 9.15 Å². The second-order valence-corrected chi connectivity index (χ2v) is 8.16. The predicted octanol–water partition coefficient (Wildman–Crippen LogP) is 3.96. The van der Waals surface area contributed by atoms with Gasteiger partial charge in [-0.2, -0.15) is 0 Å². The minimum Gasteiger partial charge on any atom is -0.467 e. The largest absolute Gasteiger partial charge is 0.467 e. The molecule has 176 valence electrons. The first-order chi connectivity index (χ1) is 14.6. The number of rotatable bonds is 14. The van der Waals surface area contributed by atoms with Crippen LogP contribution in [-0.4, -0.2) is 53.2 Å². The maximum absolute atomic E-state index is 5.61. The lowest BCUT2D eigenvalue weighted by Gasteiger charge is -2.12. The Labute approximate surface area is 207 Å². The van der Waals surface area contributed by atoms with Crippen molar-refractivity contribution in [2.45, 2.75) is 58.3 Å². The highest BCUT2D eigenvalue weighted by Gasteiger charge is 2.12. The van der Waals surface area contributed by atoms with Crippen molar-refractivity contribution in [1.29, 1.82) is 0 Å². The predicted molar refractivity (Wildman–Crippen MR) is 137 cm³/mol. The Hall–Kier alpha value is -1.27. The van der Waals surface area contributed by atoms with Gasteiger partial charge in [-0.3, -0.25) is 4.99 Å². The average Bonchev–Trinajstić information content (AvgIpc) is 3.37. The van der Waals surface area contributed by atoms with Crippen LogP contribution in [0.3, 0.4) is 0 Å². The Morgan fingerprint density at radius 3 is 2.81 bits per heavy atom. The minimum absolute atomic E-state index is 0. The number of ether oxygens (including phenoxy) is 1. The van der Waals surface area contributed by atoms with Crippen molar-refractivity contribution in [2.75, 3.05) is 32.5 Å². The lowest BCUT2D eigenvalue weighted by atomic mass is 10.2. The minimum atomic E-state index is 0. The van der Waals surface area contributed by atoms with Gasteiger partial charge in [-0.1, -0.05) is 25.6 Å². The van der Waals surface area contributed by atoms with Gasteiger partial charge in [0.2, 0.25) is 0 Å². The first kappa shape index (κ1) is 27.8. The number of nitrogens with zero attached hydrogens (tertiary/aromatic N) is 4. The molecular weight excluding hydrogens is 527 g/mol. The number of hydrogen-bond acceptors (Lipinski definition) is 6. The second kappa shape index (κ2) is 16.4. The molecule has 2 N–H and O–H groups in total. The van der Waals surface area contributed by atoms with E-state index in [4.69, 9.17) is 9.15 Å². The van der Waals surface area contributed by atoms with Crippen molar-refractivity contribution in [3.63, 3.8) is 0 Å². The highest BCUT2D eigenvalue weighted by molar-refractivity contribution is 14.0.